The fourth-order valence-corrected chi connectivity index (χ4v) is 2.19. The topological polar surface area (TPSA) is 73.6 Å². The number of anilines is 1. The van der Waals surface area contributed by atoms with Crippen molar-refractivity contribution in [1.82, 2.24) is 0 Å². The molecule has 0 heterocycles. The van der Waals surface area contributed by atoms with Crippen LogP contribution >= 0.6 is 11.6 Å². The molecule has 0 saturated carbocycles. The van der Waals surface area contributed by atoms with Crippen LogP contribution in [0.5, 0.6) is 0 Å². The van der Waals surface area contributed by atoms with Gasteiger partial charge in [-0.3, -0.25) is 0 Å². The molecule has 0 aliphatic rings. The SMILES string of the molecule is Cc1cc(-c2cccc(Cl)c2)c(C#N)c(N)c1C#N. The van der Waals surface area contributed by atoms with Crippen molar-refractivity contribution in [2.45, 2.75) is 6.92 Å². The number of nitrogens with two attached hydrogens (primary N) is 1. The van der Waals surface area contributed by atoms with Crippen LogP contribution in [-0.2, 0) is 0 Å². The van der Waals surface area contributed by atoms with Gasteiger partial charge in [0.2, 0.25) is 0 Å². The van der Waals surface area contributed by atoms with Crippen LogP contribution in [0.15, 0.2) is 30.3 Å². The van der Waals surface area contributed by atoms with Gasteiger partial charge >= 0.3 is 0 Å². The largest absolute Gasteiger partial charge is 0.397 e. The molecule has 2 aromatic rings. The van der Waals surface area contributed by atoms with Gasteiger partial charge in [-0.25, -0.2) is 0 Å². The number of hydrogen-bond donors (Lipinski definition) is 1. The highest BCUT2D eigenvalue weighted by molar-refractivity contribution is 6.30. The van der Waals surface area contributed by atoms with Crippen LogP contribution in [-0.4, -0.2) is 0 Å². The number of nitriles is 2. The maximum Gasteiger partial charge on any atom is 0.102 e. The van der Waals surface area contributed by atoms with Crippen molar-refractivity contribution in [1.29, 1.82) is 10.5 Å². The minimum Gasteiger partial charge on any atom is -0.397 e. The van der Waals surface area contributed by atoms with Gasteiger partial charge in [0.25, 0.3) is 0 Å². The Labute approximate surface area is 116 Å². The molecule has 0 bridgehead atoms. The van der Waals surface area contributed by atoms with Crippen LogP contribution in [0, 0.1) is 29.6 Å². The number of halogens is 1. The molecule has 0 aliphatic carbocycles. The molecule has 0 aromatic heterocycles. The maximum absolute atomic E-state index is 9.27. The summed E-state index contributed by atoms with van der Waals surface area (Å²) < 4.78 is 0. The summed E-state index contributed by atoms with van der Waals surface area (Å²) in [4.78, 5) is 0. The smallest absolute Gasteiger partial charge is 0.102 e. The molecule has 0 radical (unpaired) electrons. The Bertz CT molecular complexity index is 736. The number of nitrogen functional groups attached to an aromatic ring is 1. The first-order chi connectivity index (χ1) is 9.08. The number of rotatable bonds is 1. The number of hydrogen-bond acceptors (Lipinski definition) is 3. The Morgan fingerprint density at radius 3 is 2.37 bits per heavy atom. The van der Waals surface area contributed by atoms with Gasteiger partial charge in [0.1, 0.15) is 12.1 Å². The van der Waals surface area contributed by atoms with Crippen LogP contribution in [0.1, 0.15) is 16.7 Å². The molecule has 2 N–H and O–H groups in total. The summed E-state index contributed by atoms with van der Waals surface area (Å²) in [5.41, 5.74) is 9.03. The normalized spacial score (nSPS) is 9.68. The molecular formula is C15H10ClN3. The number of nitrogens with zero attached hydrogens (tertiary/aromatic N) is 2. The summed E-state index contributed by atoms with van der Waals surface area (Å²) in [6, 6.07) is 13.1. The second-order valence-corrected chi connectivity index (χ2v) is 4.58. The number of benzene rings is 2. The first-order valence-electron chi connectivity index (χ1n) is 5.57. The second kappa shape index (κ2) is 5.02. The third-order valence-corrected chi connectivity index (χ3v) is 3.16. The molecule has 4 heteroatoms. The van der Waals surface area contributed by atoms with Crippen molar-refractivity contribution in [3.63, 3.8) is 0 Å². The Hall–Kier alpha value is -2.49. The first-order valence-corrected chi connectivity index (χ1v) is 5.95. The van der Waals surface area contributed by atoms with E-state index in [4.69, 9.17) is 22.6 Å². The predicted octanol–water partition coefficient (Wildman–Crippen LogP) is 3.64. The molecule has 19 heavy (non-hydrogen) atoms. The van der Waals surface area contributed by atoms with Gasteiger partial charge < -0.3 is 5.73 Å². The van der Waals surface area contributed by atoms with Crippen molar-refractivity contribution < 1.29 is 0 Å². The van der Waals surface area contributed by atoms with Gasteiger partial charge in [0.05, 0.1) is 16.8 Å². The molecule has 2 aromatic carbocycles. The minimum absolute atomic E-state index is 0.222. The third-order valence-electron chi connectivity index (χ3n) is 2.92. The summed E-state index contributed by atoms with van der Waals surface area (Å²) in [7, 11) is 0. The van der Waals surface area contributed by atoms with Crippen LogP contribution in [0.3, 0.4) is 0 Å². The summed E-state index contributed by atoms with van der Waals surface area (Å²) in [6.45, 7) is 1.80. The summed E-state index contributed by atoms with van der Waals surface area (Å²) in [5.74, 6) is 0. The molecule has 0 amide bonds. The lowest BCUT2D eigenvalue weighted by Gasteiger charge is -2.11. The molecular weight excluding hydrogens is 258 g/mol. The van der Waals surface area contributed by atoms with Gasteiger partial charge in [0, 0.05) is 10.6 Å². The minimum atomic E-state index is 0.222. The molecule has 0 atom stereocenters. The van der Waals surface area contributed by atoms with E-state index < -0.39 is 0 Å². The van der Waals surface area contributed by atoms with Gasteiger partial charge in [-0.1, -0.05) is 23.7 Å². The molecule has 0 fully saturated rings. The van der Waals surface area contributed by atoms with Crippen LogP contribution in [0.2, 0.25) is 5.02 Å². The first kappa shape index (κ1) is 13.0. The maximum atomic E-state index is 9.27. The Morgan fingerprint density at radius 2 is 1.79 bits per heavy atom. The van der Waals surface area contributed by atoms with Gasteiger partial charge in [-0.15, -0.1) is 0 Å². The lowest BCUT2D eigenvalue weighted by atomic mass is 9.93. The van der Waals surface area contributed by atoms with Crippen LogP contribution in [0.4, 0.5) is 5.69 Å². The van der Waals surface area contributed by atoms with E-state index in [0.717, 1.165) is 11.1 Å². The highest BCUT2D eigenvalue weighted by atomic mass is 35.5. The monoisotopic (exact) mass is 267 g/mol. The van der Waals surface area contributed by atoms with E-state index in [1.165, 1.54) is 0 Å². The zero-order valence-corrected chi connectivity index (χ0v) is 11.0. The third kappa shape index (κ3) is 2.25. The molecule has 2 rings (SSSR count). The van der Waals surface area contributed by atoms with Crippen LogP contribution in [0.25, 0.3) is 11.1 Å². The average molecular weight is 268 g/mol. The number of aryl methyl sites for hydroxylation is 1. The fraction of sp³-hybridized carbons (Fsp3) is 0.0667. The highest BCUT2D eigenvalue weighted by Crippen LogP contribution is 2.32. The Balaban J connectivity index is 2.80. The van der Waals surface area contributed by atoms with Crippen molar-refractivity contribution in [3.8, 4) is 23.3 Å². The zero-order chi connectivity index (χ0) is 14.0. The van der Waals surface area contributed by atoms with Crippen molar-refractivity contribution >= 4 is 17.3 Å². The zero-order valence-electron chi connectivity index (χ0n) is 10.2. The highest BCUT2D eigenvalue weighted by Gasteiger charge is 2.15. The second-order valence-electron chi connectivity index (χ2n) is 4.14. The van der Waals surface area contributed by atoms with Gasteiger partial charge in [-0.05, 0) is 36.2 Å². The summed E-state index contributed by atoms with van der Waals surface area (Å²) in [6.07, 6.45) is 0. The van der Waals surface area contributed by atoms with E-state index in [1.54, 1.807) is 25.1 Å². The van der Waals surface area contributed by atoms with E-state index in [-0.39, 0.29) is 5.69 Å². The molecule has 0 unspecified atom stereocenters. The molecule has 0 aliphatic heterocycles. The van der Waals surface area contributed by atoms with Crippen molar-refractivity contribution in [3.05, 3.63) is 52.0 Å². The van der Waals surface area contributed by atoms with E-state index in [9.17, 15) is 5.26 Å². The summed E-state index contributed by atoms with van der Waals surface area (Å²) in [5, 5.41) is 18.9. The quantitative estimate of drug-likeness (QED) is 0.802. The molecule has 0 spiro atoms. The fourth-order valence-electron chi connectivity index (χ4n) is 2.00. The average Bonchev–Trinajstić information content (AvgIpc) is 2.38. The van der Waals surface area contributed by atoms with Crippen LogP contribution < -0.4 is 5.73 Å². The standard InChI is InChI=1S/C15H10ClN3/c1-9-5-12(10-3-2-4-11(16)6-10)14(8-18)15(19)13(9)7-17/h2-6H,19H2,1H3. The van der Waals surface area contributed by atoms with E-state index in [2.05, 4.69) is 6.07 Å². The van der Waals surface area contributed by atoms with Crippen molar-refractivity contribution in [2.24, 2.45) is 0 Å². The molecule has 3 nitrogen and oxygen atoms in total. The summed E-state index contributed by atoms with van der Waals surface area (Å²) >= 11 is 5.96. The Kier molecular flexibility index (Phi) is 3.42. The van der Waals surface area contributed by atoms with Gasteiger partial charge in [0.15, 0.2) is 0 Å². The predicted molar refractivity (Wildman–Crippen MR) is 75.5 cm³/mol. The van der Waals surface area contributed by atoms with E-state index in [1.807, 2.05) is 18.2 Å². The Morgan fingerprint density at radius 1 is 1.11 bits per heavy atom. The van der Waals surface area contributed by atoms with E-state index in [0.29, 0.717) is 21.7 Å². The van der Waals surface area contributed by atoms with E-state index >= 15 is 0 Å². The lowest BCUT2D eigenvalue weighted by Crippen LogP contribution is -2.00. The molecule has 0 saturated heterocycles. The lowest BCUT2D eigenvalue weighted by molar-refractivity contribution is 1.37. The molecule has 92 valence electrons. The van der Waals surface area contributed by atoms with Crippen molar-refractivity contribution in [2.75, 3.05) is 5.73 Å². The van der Waals surface area contributed by atoms with Gasteiger partial charge in [-0.2, -0.15) is 10.5 Å².